The van der Waals surface area contributed by atoms with Gasteiger partial charge in [-0.25, -0.2) is 0 Å². The molecule has 7 heteroatoms. The van der Waals surface area contributed by atoms with Crippen LogP contribution in [-0.4, -0.2) is 28.2 Å². The summed E-state index contributed by atoms with van der Waals surface area (Å²) in [4.78, 5) is 29.3. The molecule has 0 amide bonds. The van der Waals surface area contributed by atoms with Crippen LogP contribution in [0.5, 0.6) is 0 Å². The minimum absolute atomic E-state index is 0. The molecule has 0 aliphatic carbocycles. The second kappa shape index (κ2) is 6.03. The van der Waals surface area contributed by atoms with Crippen molar-refractivity contribution in [1.29, 1.82) is 0 Å². The Hall–Kier alpha value is 1.90. The molecule has 0 heterocycles. The van der Waals surface area contributed by atoms with Crippen molar-refractivity contribution in [3.8, 4) is 0 Å². The van der Waals surface area contributed by atoms with E-state index in [1.54, 1.807) is 0 Å². The van der Waals surface area contributed by atoms with Crippen molar-refractivity contribution in [1.82, 2.24) is 0 Å². The minimum Gasteiger partial charge on any atom is -0.368 e. The van der Waals surface area contributed by atoms with Crippen LogP contribution < -0.4 is 0 Å². The molecule has 46 valence electrons. The first-order valence-electron chi connectivity index (χ1n) is 0.894. The van der Waals surface area contributed by atoms with Crippen LogP contribution in [0.4, 0.5) is 0 Å². The van der Waals surface area contributed by atoms with Gasteiger partial charge in [-0.2, -0.15) is 0 Å². The van der Waals surface area contributed by atoms with E-state index in [-0.39, 0.29) is 55.1 Å². The fourth-order valence-corrected chi connectivity index (χ4v) is 0. The van der Waals surface area contributed by atoms with Crippen molar-refractivity contribution in [2.24, 2.45) is 0 Å². The monoisotopic (exact) mass is 292 g/mol. The maximum atomic E-state index is 7.33. The van der Waals surface area contributed by atoms with E-state index in [1.807, 2.05) is 0 Å². The molecule has 0 aromatic rings. The Morgan fingerprint density at radius 3 is 0.857 bits per heavy atom. The predicted octanol–water partition coefficient (Wildman–Crippen LogP) is -2.61. The number of hydrogen-bond donors (Lipinski definition) is 4. The van der Waals surface area contributed by atoms with E-state index in [0.29, 0.717) is 0 Å². The largest absolute Gasteiger partial charge is 0.668 e. The van der Waals surface area contributed by atoms with Gasteiger partial charge in [0.25, 0.3) is 0 Å². The zero-order chi connectivity index (χ0) is 4.50. The molecule has 0 aromatic heterocycles. The van der Waals surface area contributed by atoms with Crippen molar-refractivity contribution in [3.63, 3.8) is 0 Å². The summed E-state index contributed by atoms with van der Waals surface area (Å²) in [5, 5.41) is 0. The van der Waals surface area contributed by atoms with Gasteiger partial charge >= 0.3 is 9.05 Å². The van der Waals surface area contributed by atoms with E-state index in [4.69, 9.17) is 19.2 Å². The van der Waals surface area contributed by atoms with E-state index in [2.05, 4.69) is 0 Å². The van der Waals surface area contributed by atoms with Crippen LogP contribution in [0.15, 0.2) is 0 Å². The Morgan fingerprint density at radius 1 is 0.857 bits per heavy atom. The molecule has 2 radical (unpaired) electrons. The van der Waals surface area contributed by atoms with Crippen LogP contribution in [0.1, 0.15) is 0 Å². The molecule has 0 bridgehead atoms. The molecule has 0 spiro atoms. The zero-order valence-corrected chi connectivity index (χ0v) is 8.49. The Kier molecular flexibility index (Phi) is 13.7. The normalized spacial score (nSPS) is 8.57. The maximum absolute atomic E-state index is 7.33. The second-order valence-corrected chi connectivity index (χ2v) is 1.80. The first-order valence-corrected chi connectivity index (χ1v) is 2.68. The van der Waals surface area contributed by atoms with E-state index >= 15 is 0 Å². The summed E-state index contributed by atoms with van der Waals surface area (Å²) >= 11 is 0. The topological polar surface area (TPSA) is 80.9 Å². The van der Waals surface area contributed by atoms with Gasteiger partial charge in [0.05, 0.1) is 0 Å². The molecule has 0 aliphatic rings. The molecule has 0 aromatic carbocycles. The molecule has 7 heavy (non-hydrogen) atoms. The van der Waals surface area contributed by atoms with Crippen LogP contribution in [0.25, 0.3) is 0 Å². The van der Waals surface area contributed by atoms with Crippen molar-refractivity contribution in [2.45, 2.75) is 0 Å². The van der Waals surface area contributed by atoms with Gasteiger partial charge in [-0.05, 0) is 0 Å². The smallest absolute Gasteiger partial charge is 0.368 e. The van der Waals surface area contributed by atoms with Gasteiger partial charge in [-0.3, -0.25) is 0 Å². The van der Waals surface area contributed by atoms with Gasteiger partial charge in [-0.15, -0.1) is 0 Å². The SMILES string of the molecule is O[Si](O)(O)O.[Ag].[Y]. The Bertz CT molecular complexity index is 27.2. The molecule has 4 nitrogen and oxygen atoms in total. The molecule has 0 saturated carbocycles. The third-order valence-electron chi connectivity index (χ3n) is 0. The minimum atomic E-state index is -4.61. The van der Waals surface area contributed by atoms with Crippen LogP contribution in [-0.2, 0) is 55.1 Å². The molecule has 4 N–H and O–H groups in total. The third kappa shape index (κ3) is 76.1. The first-order chi connectivity index (χ1) is 2.00. The van der Waals surface area contributed by atoms with Gasteiger partial charge in [0.2, 0.25) is 0 Å². The van der Waals surface area contributed by atoms with Gasteiger partial charge < -0.3 is 19.2 Å². The molecule has 0 fully saturated rings. The molecule has 0 atom stereocenters. The summed E-state index contributed by atoms with van der Waals surface area (Å²) in [5.74, 6) is 0. The van der Waals surface area contributed by atoms with Gasteiger partial charge in [0, 0.05) is 55.1 Å². The molecular formula is H4AgO4SiY. The average molecular weight is 293 g/mol. The summed E-state index contributed by atoms with van der Waals surface area (Å²) in [6.45, 7) is 0. The molecule has 0 aliphatic heterocycles. The van der Waals surface area contributed by atoms with Gasteiger partial charge in [-0.1, -0.05) is 0 Å². The van der Waals surface area contributed by atoms with Crippen molar-refractivity contribution < 1.29 is 74.3 Å². The first kappa shape index (κ1) is 16.0. The van der Waals surface area contributed by atoms with Crippen molar-refractivity contribution in [2.75, 3.05) is 0 Å². The van der Waals surface area contributed by atoms with Crippen LogP contribution in [0.2, 0.25) is 0 Å². The molecule has 0 saturated heterocycles. The molecule has 0 unspecified atom stereocenters. The average Bonchev–Trinajstić information content (AvgIpc) is 0.722. The Balaban J connectivity index is -0.0000000800. The second-order valence-electron chi connectivity index (χ2n) is 0.600. The molecular weight excluding hydrogens is 289 g/mol. The standard InChI is InChI=1S/Ag.H4O4Si.Y/c;1-5(2,3)4;/h;1-4H;. The zero-order valence-electron chi connectivity index (χ0n) is 3.17. The van der Waals surface area contributed by atoms with Gasteiger partial charge in [0.1, 0.15) is 0 Å². The van der Waals surface area contributed by atoms with Gasteiger partial charge in [0.15, 0.2) is 0 Å². The van der Waals surface area contributed by atoms with Crippen LogP contribution in [0.3, 0.4) is 0 Å². The van der Waals surface area contributed by atoms with Crippen molar-refractivity contribution >= 4 is 9.05 Å². The number of rotatable bonds is 0. The summed E-state index contributed by atoms with van der Waals surface area (Å²) in [6, 6.07) is 0. The van der Waals surface area contributed by atoms with Crippen LogP contribution >= 0.6 is 0 Å². The van der Waals surface area contributed by atoms with Crippen LogP contribution in [0, 0.1) is 0 Å². The van der Waals surface area contributed by atoms with E-state index in [1.165, 1.54) is 0 Å². The fourth-order valence-electron chi connectivity index (χ4n) is 0. The fraction of sp³-hybridized carbons (Fsp3) is 0. The maximum Gasteiger partial charge on any atom is 0.668 e. The quantitative estimate of drug-likeness (QED) is 0.369. The third-order valence-corrected chi connectivity index (χ3v) is 0. The van der Waals surface area contributed by atoms with E-state index in [0.717, 1.165) is 0 Å². The summed E-state index contributed by atoms with van der Waals surface area (Å²) in [6.07, 6.45) is 0. The summed E-state index contributed by atoms with van der Waals surface area (Å²) in [5.41, 5.74) is 0. The summed E-state index contributed by atoms with van der Waals surface area (Å²) < 4.78 is 0. The summed E-state index contributed by atoms with van der Waals surface area (Å²) in [7, 11) is -4.61. The van der Waals surface area contributed by atoms with E-state index < -0.39 is 9.05 Å². The Morgan fingerprint density at radius 2 is 0.857 bits per heavy atom. The molecule has 0 rings (SSSR count). The Labute approximate surface area is 82.4 Å². The predicted molar refractivity (Wildman–Crippen MR) is 14.6 cm³/mol. The van der Waals surface area contributed by atoms with E-state index in [9.17, 15) is 0 Å². The number of hydrogen-bond acceptors (Lipinski definition) is 4. The van der Waals surface area contributed by atoms with Crippen molar-refractivity contribution in [3.05, 3.63) is 0 Å².